The molecule has 0 unspecified atom stereocenters. The van der Waals surface area contributed by atoms with Crippen molar-refractivity contribution in [2.75, 3.05) is 6.54 Å². The van der Waals surface area contributed by atoms with Gasteiger partial charge in [-0.1, -0.05) is 0 Å². The van der Waals surface area contributed by atoms with Crippen LogP contribution in [0.2, 0.25) is 0 Å². The Hall–Kier alpha value is -3.19. The molecule has 3 aromatic heterocycles. The minimum atomic E-state index is -0.258. The van der Waals surface area contributed by atoms with Crippen LogP contribution in [-0.2, 0) is 13.0 Å². The number of rotatable bonds is 4. The maximum Gasteiger partial charge on any atom is 0.123 e. The van der Waals surface area contributed by atoms with Gasteiger partial charge in [-0.2, -0.15) is 5.10 Å². The molecular weight excluding hydrogens is 345 g/mol. The predicted molar refractivity (Wildman–Crippen MR) is 97.2 cm³/mol. The molecule has 1 aromatic carbocycles. The number of furan rings is 1. The summed E-state index contributed by atoms with van der Waals surface area (Å²) in [4.78, 5) is 10.2. The molecule has 136 valence electrons. The summed E-state index contributed by atoms with van der Waals surface area (Å²) in [5, 5.41) is 7.36. The summed E-state index contributed by atoms with van der Waals surface area (Å²) in [5.41, 5.74) is 4.92. The second-order valence-electron chi connectivity index (χ2n) is 6.68. The molecule has 4 aromatic rings. The van der Waals surface area contributed by atoms with Gasteiger partial charge in [0.2, 0.25) is 0 Å². The third-order valence-electron chi connectivity index (χ3n) is 5.06. The summed E-state index contributed by atoms with van der Waals surface area (Å²) in [5.74, 6) is 0.650. The van der Waals surface area contributed by atoms with E-state index in [1.165, 1.54) is 12.1 Å². The Labute approximate surface area is 155 Å². The average Bonchev–Trinajstić information content (AvgIpc) is 3.44. The molecule has 4 heterocycles. The van der Waals surface area contributed by atoms with E-state index in [9.17, 15) is 4.39 Å². The van der Waals surface area contributed by atoms with Crippen molar-refractivity contribution in [3.05, 3.63) is 83.7 Å². The van der Waals surface area contributed by atoms with Crippen LogP contribution in [-0.4, -0.2) is 31.6 Å². The van der Waals surface area contributed by atoms with Gasteiger partial charge in [-0.15, -0.1) is 0 Å². The first-order valence-corrected chi connectivity index (χ1v) is 8.87. The quantitative estimate of drug-likeness (QED) is 0.580. The number of hydrogen-bond donors (Lipinski definition) is 2. The van der Waals surface area contributed by atoms with Crippen LogP contribution in [0.5, 0.6) is 0 Å². The van der Waals surface area contributed by atoms with Gasteiger partial charge in [0.1, 0.15) is 11.6 Å². The van der Waals surface area contributed by atoms with Gasteiger partial charge in [0.25, 0.3) is 0 Å². The first kappa shape index (κ1) is 16.0. The lowest BCUT2D eigenvalue weighted by molar-refractivity contribution is 0.185. The zero-order chi connectivity index (χ0) is 18.2. The number of hydrogen-bond acceptors (Lipinski definition) is 4. The molecule has 1 aliphatic rings. The fourth-order valence-electron chi connectivity index (χ4n) is 3.79. The highest BCUT2D eigenvalue weighted by molar-refractivity contribution is 5.64. The zero-order valence-electron chi connectivity index (χ0n) is 14.5. The van der Waals surface area contributed by atoms with Gasteiger partial charge in [-0.3, -0.25) is 10.00 Å². The standard InChI is InChI=1S/C20H18FN5O/c21-14-5-3-13(4-6-14)18-16(10-24-25-18)20-19-17(22-12-23-19)7-8-26(20)11-15-2-1-9-27-15/h1-6,9-10,12,20H,7-8,11H2,(H,22,23)(H,24,25)/t20-/m1/s1. The van der Waals surface area contributed by atoms with Crippen LogP contribution in [0, 0.1) is 5.82 Å². The van der Waals surface area contributed by atoms with E-state index in [4.69, 9.17) is 4.42 Å². The van der Waals surface area contributed by atoms with E-state index in [-0.39, 0.29) is 11.9 Å². The summed E-state index contributed by atoms with van der Waals surface area (Å²) in [6, 6.07) is 10.3. The number of nitrogens with one attached hydrogen (secondary N) is 2. The topological polar surface area (TPSA) is 73.7 Å². The molecule has 0 saturated heterocycles. The molecule has 0 amide bonds. The van der Waals surface area contributed by atoms with Crippen LogP contribution < -0.4 is 0 Å². The molecule has 0 bridgehead atoms. The van der Waals surface area contributed by atoms with E-state index in [1.54, 1.807) is 24.7 Å². The SMILES string of the molecule is Fc1ccc(-c2[nH]ncc2[C@@H]2c3nc[nH]c3CCN2Cc2ccco2)cc1. The minimum absolute atomic E-state index is 0.0658. The number of H-pyrrole nitrogens is 2. The Balaban J connectivity index is 1.58. The van der Waals surface area contributed by atoms with Crippen molar-refractivity contribution < 1.29 is 8.81 Å². The average molecular weight is 363 g/mol. The molecule has 1 aliphatic heterocycles. The number of benzene rings is 1. The zero-order valence-corrected chi connectivity index (χ0v) is 14.5. The fraction of sp³-hybridized carbons (Fsp3) is 0.200. The minimum Gasteiger partial charge on any atom is -0.468 e. The highest BCUT2D eigenvalue weighted by atomic mass is 19.1. The molecule has 0 spiro atoms. The lowest BCUT2D eigenvalue weighted by atomic mass is 9.94. The van der Waals surface area contributed by atoms with Crippen LogP contribution in [0.3, 0.4) is 0 Å². The van der Waals surface area contributed by atoms with Gasteiger partial charge >= 0.3 is 0 Å². The first-order chi connectivity index (χ1) is 13.3. The van der Waals surface area contributed by atoms with Gasteiger partial charge in [0, 0.05) is 29.8 Å². The van der Waals surface area contributed by atoms with E-state index in [0.717, 1.165) is 46.9 Å². The summed E-state index contributed by atoms with van der Waals surface area (Å²) in [6.45, 7) is 1.55. The normalized spacial score (nSPS) is 17.1. The molecule has 5 rings (SSSR count). The van der Waals surface area contributed by atoms with Gasteiger partial charge < -0.3 is 9.40 Å². The Morgan fingerprint density at radius 3 is 2.93 bits per heavy atom. The number of nitrogens with zero attached hydrogens (tertiary/aromatic N) is 3. The lowest BCUT2D eigenvalue weighted by Gasteiger charge is -2.34. The largest absolute Gasteiger partial charge is 0.468 e. The second-order valence-corrected chi connectivity index (χ2v) is 6.68. The summed E-state index contributed by atoms with van der Waals surface area (Å²) < 4.78 is 18.9. The summed E-state index contributed by atoms with van der Waals surface area (Å²) >= 11 is 0. The number of aromatic amines is 2. The molecule has 1 atom stereocenters. The van der Waals surface area contributed by atoms with Crippen molar-refractivity contribution in [1.82, 2.24) is 25.1 Å². The van der Waals surface area contributed by atoms with E-state index >= 15 is 0 Å². The van der Waals surface area contributed by atoms with Gasteiger partial charge in [-0.25, -0.2) is 9.37 Å². The Morgan fingerprint density at radius 2 is 2.11 bits per heavy atom. The smallest absolute Gasteiger partial charge is 0.123 e. The number of halogens is 1. The molecule has 0 saturated carbocycles. The van der Waals surface area contributed by atoms with Gasteiger partial charge in [-0.05, 0) is 36.4 Å². The van der Waals surface area contributed by atoms with Crippen molar-refractivity contribution in [1.29, 1.82) is 0 Å². The van der Waals surface area contributed by atoms with Crippen molar-refractivity contribution in [2.24, 2.45) is 0 Å². The molecule has 0 radical (unpaired) electrons. The highest BCUT2D eigenvalue weighted by Gasteiger charge is 2.34. The van der Waals surface area contributed by atoms with Crippen LogP contribution in [0.25, 0.3) is 11.3 Å². The fourth-order valence-corrected chi connectivity index (χ4v) is 3.79. The maximum absolute atomic E-state index is 13.4. The van der Waals surface area contributed by atoms with Crippen molar-refractivity contribution >= 4 is 0 Å². The third kappa shape index (κ3) is 2.86. The summed E-state index contributed by atoms with van der Waals surface area (Å²) in [6.07, 6.45) is 6.17. The predicted octanol–water partition coefficient (Wildman–Crippen LogP) is 3.68. The summed E-state index contributed by atoms with van der Waals surface area (Å²) in [7, 11) is 0. The Bertz CT molecular complexity index is 1030. The van der Waals surface area contributed by atoms with Gasteiger partial charge in [0.15, 0.2) is 0 Å². The van der Waals surface area contributed by atoms with Crippen LogP contribution >= 0.6 is 0 Å². The van der Waals surface area contributed by atoms with Crippen LogP contribution in [0.1, 0.15) is 28.8 Å². The number of fused-ring (bicyclic) bond motifs is 1. The van der Waals surface area contributed by atoms with E-state index < -0.39 is 0 Å². The third-order valence-corrected chi connectivity index (χ3v) is 5.06. The molecule has 7 heteroatoms. The van der Waals surface area contributed by atoms with Crippen LogP contribution in [0.4, 0.5) is 4.39 Å². The molecule has 6 nitrogen and oxygen atoms in total. The Kier molecular flexibility index (Phi) is 3.86. The first-order valence-electron chi connectivity index (χ1n) is 8.87. The van der Waals surface area contributed by atoms with E-state index in [1.807, 2.05) is 18.3 Å². The van der Waals surface area contributed by atoms with E-state index in [2.05, 4.69) is 25.1 Å². The monoisotopic (exact) mass is 363 g/mol. The number of aromatic nitrogens is 4. The Morgan fingerprint density at radius 1 is 1.22 bits per heavy atom. The van der Waals surface area contributed by atoms with E-state index in [0.29, 0.717) is 6.54 Å². The van der Waals surface area contributed by atoms with Gasteiger partial charge in [0.05, 0.1) is 42.8 Å². The lowest BCUT2D eigenvalue weighted by Crippen LogP contribution is -2.35. The molecule has 0 aliphatic carbocycles. The van der Waals surface area contributed by atoms with Crippen molar-refractivity contribution in [3.63, 3.8) is 0 Å². The second kappa shape index (κ2) is 6.51. The number of imidazole rings is 1. The van der Waals surface area contributed by atoms with Crippen molar-refractivity contribution in [3.8, 4) is 11.3 Å². The molecular formula is C20H18FN5O. The van der Waals surface area contributed by atoms with Crippen molar-refractivity contribution in [2.45, 2.75) is 19.0 Å². The molecule has 0 fully saturated rings. The maximum atomic E-state index is 13.4. The highest BCUT2D eigenvalue weighted by Crippen LogP contribution is 2.38. The van der Waals surface area contributed by atoms with Crippen LogP contribution in [0.15, 0.2) is 59.6 Å². The molecule has 2 N–H and O–H groups in total. The molecule has 27 heavy (non-hydrogen) atoms.